The van der Waals surface area contributed by atoms with Crippen LogP contribution in [0.25, 0.3) is 0 Å². The molecule has 0 amide bonds. The third-order valence-corrected chi connectivity index (χ3v) is 6.92. The van der Waals surface area contributed by atoms with Crippen LogP contribution in [0.2, 0.25) is 0 Å². The summed E-state index contributed by atoms with van der Waals surface area (Å²) in [7, 11) is 0. The molecule has 0 N–H and O–H groups in total. The van der Waals surface area contributed by atoms with E-state index in [9.17, 15) is 14.4 Å². The summed E-state index contributed by atoms with van der Waals surface area (Å²) in [5.74, 6) is 0.889. The number of ether oxygens (including phenoxy) is 2. The molecule has 194 valence electrons. The number of hydrogen-bond acceptors (Lipinski definition) is 6. The Balaban J connectivity index is 4.06. The molecule has 0 aromatic carbocycles. The van der Waals surface area contributed by atoms with Gasteiger partial charge in [-0.1, -0.05) is 79.1 Å². The molecular weight excluding hydrogens is 436 g/mol. The van der Waals surface area contributed by atoms with Crippen molar-refractivity contribution in [1.82, 2.24) is 0 Å². The number of hydrogen-bond donors (Lipinski definition) is 0. The van der Waals surface area contributed by atoms with Crippen LogP contribution >= 0.6 is 11.8 Å². The van der Waals surface area contributed by atoms with E-state index in [1.807, 2.05) is 6.92 Å². The fourth-order valence-electron chi connectivity index (χ4n) is 3.58. The van der Waals surface area contributed by atoms with Crippen molar-refractivity contribution in [2.45, 2.75) is 124 Å². The highest BCUT2D eigenvalue weighted by atomic mass is 32.2. The summed E-state index contributed by atoms with van der Waals surface area (Å²) in [6, 6.07) is 0. The van der Waals surface area contributed by atoms with Crippen LogP contribution in [-0.4, -0.2) is 42.4 Å². The summed E-state index contributed by atoms with van der Waals surface area (Å²) < 4.78 is 11.0. The van der Waals surface area contributed by atoms with Crippen molar-refractivity contribution in [3.05, 3.63) is 0 Å². The van der Waals surface area contributed by atoms with E-state index >= 15 is 0 Å². The Morgan fingerprint density at radius 3 is 2.24 bits per heavy atom. The van der Waals surface area contributed by atoms with Gasteiger partial charge < -0.3 is 14.3 Å². The van der Waals surface area contributed by atoms with Gasteiger partial charge in [-0.05, 0) is 31.6 Å². The molecule has 0 bridgehead atoms. The van der Waals surface area contributed by atoms with E-state index in [2.05, 4.69) is 20.8 Å². The minimum absolute atomic E-state index is 0.0710. The number of rotatable bonds is 23. The molecule has 0 spiro atoms. The quantitative estimate of drug-likeness (QED) is 0.0868. The molecule has 0 rings (SSSR count). The van der Waals surface area contributed by atoms with Crippen molar-refractivity contribution in [1.29, 1.82) is 0 Å². The number of carbonyl (C=O) groups excluding carboxylic acids is 3. The number of thioether (sulfide) groups is 1. The Morgan fingerprint density at radius 1 is 0.909 bits per heavy atom. The molecule has 0 radical (unpaired) electrons. The van der Waals surface area contributed by atoms with Gasteiger partial charge in [-0.3, -0.25) is 9.59 Å². The van der Waals surface area contributed by atoms with Crippen LogP contribution in [0.4, 0.5) is 0 Å². The van der Waals surface area contributed by atoms with Gasteiger partial charge in [0.05, 0.1) is 18.9 Å². The normalized spacial score (nSPS) is 13.0. The third-order valence-electron chi connectivity index (χ3n) is 5.79. The van der Waals surface area contributed by atoms with E-state index in [0.29, 0.717) is 24.5 Å². The second-order valence-electron chi connectivity index (χ2n) is 9.41. The summed E-state index contributed by atoms with van der Waals surface area (Å²) in [6.45, 7) is 9.17. The van der Waals surface area contributed by atoms with E-state index in [1.165, 1.54) is 56.7 Å². The summed E-state index contributed by atoms with van der Waals surface area (Å²) in [5.41, 5.74) is 0. The highest BCUT2D eigenvalue weighted by Crippen LogP contribution is 2.19. The van der Waals surface area contributed by atoms with Crippen molar-refractivity contribution in [2.75, 3.05) is 18.1 Å². The number of esters is 2. The third kappa shape index (κ3) is 20.1. The molecule has 2 atom stereocenters. The van der Waals surface area contributed by atoms with E-state index in [1.54, 1.807) is 0 Å². The van der Waals surface area contributed by atoms with Gasteiger partial charge in [0.2, 0.25) is 0 Å². The first-order valence-corrected chi connectivity index (χ1v) is 14.5. The van der Waals surface area contributed by atoms with Gasteiger partial charge in [0.25, 0.3) is 0 Å². The standard InChI is InChI=1S/C27H50O5S/c1-5-7-8-9-10-13-16-25(6-2)32-27(30)24(17-19-28)22-33-21-18-26(29)31-20-14-11-12-15-23(3)4/h19,23-25H,5-18,20-22H2,1-4H3. The van der Waals surface area contributed by atoms with Crippen LogP contribution in [0.1, 0.15) is 118 Å². The summed E-state index contributed by atoms with van der Waals surface area (Å²) in [6.07, 6.45) is 14.6. The second kappa shape index (κ2) is 22.7. The summed E-state index contributed by atoms with van der Waals surface area (Å²) in [5, 5.41) is 0. The molecular formula is C27H50O5S. The zero-order valence-electron chi connectivity index (χ0n) is 21.8. The average Bonchev–Trinajstić information content (AvgIpc) is 2.79. The van der Waals surface area contributed by atoms with Crippen molar-refractivity contribution in [3.8, 4) is 0 Å². The highest BCUT2D eigenvalue weighted by Gasteiger charge is 2.23. The zero-order valence-corrected chi connectivity index (χ0v) is 22.6. The highest BCUT2D eigenvalue weighted by molar-refractivity contribution is 7.99. The van der Waals surface area contributed by atoms with Gasteiger partial charge >= 0.3 is 11.9 Å². The first-order chi connectivity index (χ1) is 15.9. The molecule has 5 nitrogen and oxygen atoms in total. The largest absolute Gasteiger partial charge is 0.466 e. The molecule has 0 fully saturated rings. The molecule has 6 heteroatoms. The summed E-state index contributed by atoms with van der Waals surface area (Å²) >= 11 is 1.51. The van der Waals surface area contributed by atoms with E-state index in [-0.39, 0.29) is 24.5 Å². The van der Waals surface area contributed by atoms with Crippen LogP contribution in [0.5, 0.6) is 0 Å². The lowest BCUT2D eigenvalue weighted by Crippen LogP contribution is -2.26. The van der Waals surface area contributed by atoms with Gasteiger partial charge in [-0.15, -0.1) is 0 Å². The van der Waals surface area contributed by atoms with Crippen LogP contribution in [0, 0.1) is 11.8 Å². The van der Waals surface area contributed by atoms with Crippen LogP contribution < -0.4 is 0 Å². The van der Waals surface area contributed by atoms with E-state index in [4.69, 9.17) is 9.47 Å². The Hall–Kier alpha value is -1.04. The topological polar surface area (TPSA) is 69.7 Å². The van der Waals surface area contributed by atoms with Crippen LogP contribution in [0.15, 0.2) is 0 Å². The lowest BCUT2D eigenvalue weighted by molar-refractivity contribution is -0.154. The first kappa shape index (κ1) is 32.0. The maximum Gasteiger partial charge on any atom is 0.310 e. The molecule has 2 unspecified atom stereocenters. The van der Waals surface area contributed by atoms with Gasteiger partial charge in [-0.2, -0.15) is 11.8 Å². The molecule has 33 heavy (non-hydrogen) atoms. The zero-order chi connectivity index (χ0) is 24.7. The van der Waals surface area contributed by atoms with Gasteiger partial charge in [0.15, 0.2) is 0 Å². The van der Waals surface area contributed by atoms with Gasteiger partial charge in [0, 0.05) is 17.9 Å². The van der Waals surface area contributed by atoms with E-state index < -0.39 is 5.92 Å². The fraction of sp³-hybridized carbons (Fsp3) is 0.889. The minimum Gasteiger partial charge on any atom is -0.466 e. The molecule has 0 saturated carbocycles. The average molecular weight is 487 g/mol. The molecule has 0 aromatic heterocycles. The van der Waals surface area contributed by atoms with Crippen molar-refractivity contribution >= 4 is 30.0 Å². The lowest BCUT2D eigenvalue weighted by Gasteiger charge is -2.20. The van der Waals surface area contributed by atoms with E-state index in [0.717, 1.165) is 44.3 Å². The summed E-state index contributed by atoms with van der Waals surface area (Å²) in [4.78, 5) is 35.5. The monoisotopic (exact) mass is 486 g/mol. The Kier molecular flexibility index (Phi) is 22.0. The molecule has 0 heterocycles. The number of carbonyl (C=O) groups is 3. The minimum atomic E-state index is -0.442. The maximum atomic E-state index is 12.6. The van der Waals surface area contributed by atoms with Crippen LogP contribution in [0.3, 0.4) is 0 Å². The van der Waals surface area contributed by atoms with Gasteiger partial charge in [0.1, 0.15) is 12.4 Å². The smallest absolute Gasteiger partial charge is 0.310 e. The predicted molar refractivity (Wildman–Crippen MR) is 139 cm³/mol. The van der Waals surface area contributed by atoms with Crippen molar-refractivity contribution < 1.29 is 23.9 Å². The first-order valence-electron chi connectivity index (χ1n) is 13.3. The Morgan fingerprint density at radius 2 is 1.58 bits per heavy atom. The molecule has 0 aliphatic heterocycles. The predicted octanol–water partition coefficient (Wildman–Crippen LogP) is 7.15. The SMILES string of the molecule is CCCCCCCCC(CC)OC(=O)C(CC=O)CSCCC(=O)OCCCCCC(C)C. The number of unbranched alkanes of at least 4 members (excludes halogenated alkanes) is 7. The molecule has 0 saturated heterocycles. The Labute approximate surface area is 207 Å². The lowest BCUT2D eigenvalue weighted by atomic mass is 10.1. The maximum absolute atomic E-state index is 12.6. The van der Waals surface area contributed by atoms with Gasteiger partial charge in [-0.25, -0.2) is 0 Å². The molecule has 0 aromatic rings. The molecule has 0 aliphatic rings. The molecule has 0 aliphatic carbocycles. The fourth-order valence-corrected chi connectivity index (χ4v) is 4.61. The van der Waals surface area contributed by atoms with Crippen molar-refractivity contribution in [3.63, 3.8) is 0 Å². The van der Waals surface area contributed by atoms with Crippen LogP contribution in [-0.2, 0) is 23.9 Å². The Bertz CT molecular complexity index is 495. The second-order valence-corrected chi connectivity index (χ2v) is 10.6. The van der Waals surface area contributed by atoms with Crippen molar-refractivity contribution in [2.24, 2.45) is 11.8 Å². The number of aldehydes is 1.